The number of alkyl halides is 6. The number of piperidine rings is 3. The van der Waals surface area contributed by atoms with Gasteiger partial charge in [-0.15, -0.1) is 0 Å². The molecule has 3 fully saturated rings. The number of nitrogens with two attached hydrogens (primary N) is 1. The molecule has 0 aromatic heterocycles. The van der Waals surface area contributed by atoms with E-state index in [4.69, 9.17) is 5.73 Å². The Morgan fingerprint density at radius 1 is 0.788 bits per heavy atom. The van der Waals surface area contributed by atoms with Gasteiger partial charge in [0.1, 0.15) is 0 Å². The van der Waals surface area contributed by atoms with Crippen molar-refractivity contribution in [2.45, 2.75) is 88.6 Å². The first-order chi connectivity index (χ1) is 24.7. The van der Waals surface area contributed by atoms with Crippen LogP contribution in [0.4, 0.5) is 42.5 Å². The molecule has 2 aromatic carbocycles. The van der Waals surface area contributed by atoms with Gasteiger partial charge in [0.25, 0.3) is 0 Å². The second kappa shape index (κ2) is 15.5. The highest BCUT2D eigenvalue weighted by molar-refractivity contribution is 5.91. The van der Waals surface area contributed by atoms with E-state index in [0.29, 0.717) is 83.0 Å². The number of carbonyl (C=O) groups is 3. The molecule has 1 atom stereocenters. The zero-order valence-corrected chi connectivity index (χ0v) is 29.1. The Morgan fingerprint density at radius 2 is 1.37 bits per heavy atom. The van der Waals surface area contributed by atoms with Gasteiger partial charge in [-0.2, -0.15) is 26.3 Å². The molecule has 0 radical (unpaired) electrons. The number of carbonyl (C=O) groups excluding carboxylic acids is 3. The predicted molar refractivity (Wildman–Crippen MR) is 183 cm³/mol. The molecule has 52 heavy (non-hydrogen) atoms. The lowest BCUT2D eigenvalue weighted by Gasteiger charge is -2.41. The van der Waals surface area contributed by atoms with Crippen molar-refractivity contribution in [1.29, 1.82) is 0 Å². The monoisotopic (exact) mass is 736 g/mol. The van der Waals surface area contributed by atoms with Gasteiger partial charge in [-0.25, -0.2) is 4.79 Å². The van der Waals surface area contributed by atoms with Crippen LogP contribution >= 0.6 is 0 Å². The predicted octanol–water partition coefficient (Wildman–Crippen LogP) is 6.41. The Morgan fingerprint density at radius 3 is 1.98 bits per heavy atom. The smallest absolute Gasteiger partial charge is 0.398 e. The first kappa shape index (κ1) is 37.7. The van der Waals surface area contributed by atoms with Crippen LogP contribution in [0.5, 0.6) is 0 Å². The number of nitrogens with zero attached hydrogens (tertiary/aromatic N) is 4. The number of hydrogen-bond acceptors (Lipinski definition) is 5. The number of benzene rings is 2. The van der Waals surface area contributed by atoms with Crippen LogP contribution in [0.15, 0.2) is 36.4 Å². The lowest BCUT2D eigenvalue weighted by atomic mass is 9.89. The largest absolute Gasteiger partial charge is 0.418 e. The number of fused-ring (bicyclic) bond motifs is 1. The molecule has 4 heterocycles. The number of nitrogen functional groups attached to an aromatic ring is 1. The highest BCUT2D eigenvalue weighted by atomic mass is 19.4. The Labute approximate surface area is 299 Å². The van der Waals surface area contributed by atoms with Crippen LogP contribution in [-0.2, 0) is 34.8 Å². The van der Waals surface area contributed by atoms with Crippen molar-refractivity contribution in [3.63, 3.8) is 0 Å². The molecule has 0 bridgehead atoms. The minimum Gasteiger partial charge on any atom is -0.398 e. The maximum Gasteiger partial charge on any atom is 0.418 e. The number of hydrogen-bond donors (Lipinski definition) is 2. The minimum atomic E-state index is -5.16. The highest BCUT2D eigenvalue weighted by Crippen LogP contribution is 2.42. The third-order valence-corrected chi connectivity index (χ3v) is 11.2. The van der Waals surface area contributed by atoms with E-state index < -0.39 is 53.3 Å². The van der Waals surface area contributed by atoms with Crippen molar-refractivity contribution in [3.05, 3.63) is 58.7 Å². The first-order valence-corrected chi connectivity index (χ1v) is 18.2. The molecule has 4 aliphatic rings. The number of nitrogens with one attached hydrogen (secondary N) is 1. The van der Waals surface area contributed by atoms with Crippen molar-refractivity contribution in [1.82, 2.24) is 19.6 Å². The second-order valence-electron chi connectivity index (χ2n) is 14.5. The average molecular weight is 737 g/mol. The molecule has 284 valence electrons. The first-order valence-electron chi connectivity index (χ1n) is 18.2. The van der Waals surface area contributed by atoms with Gasteiger partial charge >= 0.3 is 18.4 Å². The topological polar surface area (TPSA) is 102 Å². The summed E-state index contributed by atoms with van der Waals surface area (Å²) in [5, 5.41) is 2.96. The van der Waals surface area contributed by atoms with Crippen LogP contribution in [0.2, 0.25) is 0 Å². The number of amides is 4. The van der Waals surface area contributed by atoms with Crippen LogP contribution < -0.4 is 11.1 Å². The van der Waals surface area contributed by atoms with Crippen LogP contribution in [0, 0.1) is 5.92 Å². The van der Waals surface area contributed by atoms with Crippen molar-refractivity contribution in [3.8, 4) is 0 Å². The quantitative estimate of drug-likeness (QED) is 0.253. The molecule has 6 rings (SSSR count). The van der Waals surface area contributed by atoms with Gasteiger partial charge < -0.3 is 30.7 Å². The van der Waals surface area contributed by atoms with E-state index >= 15 is 0 Å². The number of para-hydroxylation sites is 1. The third kappa shape index (κ3) is 8.61. The molecule has 4 amide bonds. The Hall–Kier alpha value is -4.01. The summed E-state index contributed by atoms with van der Waals surface area (Å²) >= 11 is 0. The lowest BCUT2D eigenvalue weighted by molar-refractivity contribution is -0.143. The molecule has 0 saturated carbocycles. The number of urea groups is 1. The van der Waals surface area contributed by atoms with E-state index in [1.165, 1.54) is 6.42 Å². The zero-order valence-electron chi connectivity index (χ0n) is 29.1. The standard InChI is InChI=1S/C37H46F6N6O3/c38-36(39,40)29-21-24(22-30(33(29)44)37(41,42)43)20-26(34(51)48-17-9-27(10-18-48)46-13-4-1-5-14-46)23-32(50)47-15-11-28(12-16-47)49-19-8-25-6-2-3-7-31(25)45-35(49)52/h2-3,6-7,21-22,26-28H,1,4-5,8-20,23,44H2,(H,45,52)/t26-/m0/s1. The number of halogens is 6. The van der Waals surface area contributed by atoms with E-state index in [2.05, 4.69) is 10.2 Å². The van der Waals surface area contributed by atoms with Crippen molar-refractivity contribution >= 4 is 29.2 Å². The summed E-state index contributed by atoms with van der Waals surface area (Å²) in [6.45, 7) is 3.85. The molecular formula is C37H46F6N6O3. The van der Waals surface area contributed by atoms with Crippen LogP contribution in [0.25, 0.3) is 0 Å². The maximum atomic E-state index is 14.1. The Bertz CT molecular complexity index is 1580. The fraction of sp³-hybridized carbons (Fsp3) is 0.595. The summed E-state index contributed by atoms with van der Waals surface area (Å²) in [5.74, 6) is -2.05. The fourth-order valence-corrected chi connectivity index (χ4v) is 8.33. The Kier molecular flexibility index (Phi) is 11.3. The van der Waals surface area contributed by atoms with E-state index in [1.807, 2.05) is 24.3 Å². The van der Waals surface area contributed by atoms with Gasteiger partial charge in [0.05, 0.1) is 22.7 Å². The highest BCUT2D eigenvalue weighted by Gasteiger charge is 2.42. The molecule has 3 saturated heterocycles. The summed E-state index contributed by atoms with van der Waals surface area (Å²) in [6, 6.07) is 8.66. The van der Waals surface area contributed by atoms with Crippen molar-refractivity contribution < 1.29 is 40.7 Å². The minimum absolute atomic E-state index is 0.131. The average Bonchev–Trinajstić information content (AvgIpc) is 3.29. The van der Waals surface area contributed by atoms with E-state index in [-0.39, 0.29) is 24.1 Å². The van der Waals surface area contributed by atoms with Gasteiger partial charge in [0.15, 0.2) is 0 Å². The van der Waals surface area contributed by atoms with Gasteiger partial charge in [-0.05, 0) is 93.8 Å². The third-order valence-electron chi connectivity index (χ3n) is 11.2. The number of rotatable bonds is 7. The molecule has 4 aliphatic heterocycles. The molecular weight excluding hydrogens is 690 g/mol. The van der Waals surface area contributed by atoms with E-state index in [1.54, 1.807) is 14.7 Å². The van der Waals surface area contributed by atoms with Crippen molar-refractivity contribution in [2.75, 3.05) is 56.9 Å². The normalized spacial score (nSPS) is 20.7. The summed E-state index contributed by atoms with van der Waals surface area (Å²) in [7, 11) is 0. The summed E-state index contributed by atoms with van der Waals surface area (Å²) in [6.07, 6.45) is -4.74. The summed E-state index contributed by atoms with van der Waals surface area (Å²) in [4.78, 5) is 48.3. The summed E-state index contributed by atoms with van der Waals surface area (Å²) in [5.41, 5.74) is 2.14. The zero-order chi connectivity index (χ0) is 37.2. The van der Waals surface area contributed by atoms with Gasteiger partial charge in [0.2, 0.25) is 11.8 Å². The molecule has 0 spiro atoms. The van der Waals surface area contributed by atoms with Crippen LogP contribution in [0.3, 0.4) is 0 Å². The Balaban J connectivity index is 1.17. The molecule has 3 N–H and O–H groups in total. The van der Waals surface area contributed by atoms with Gasteiger partial charge in [-0.3, -0.25) is 9.59 Å². The maximum absolute atomic E-state index is 14.1. The van der Waals surface area contributed by atoms with E-state index in [0.717, 1.165) is 37.2 Å². The number of likely N-dealkylation sites (tertiary alicyclic amines) is 3. The van der Waals surface area contributed by atoms with E-state index in [9.17, 15) is 40.7 Å². The second-order valence-corrected chi connectivity index (χ2v) is 14.5. The van der Waals surface area contributed by atoms with Gasteiger partial charge in [0, 0.05) is 56.9 Å². The molecule has 0 unspecified atom stereocenters. The van der Waals surface area contributed by atoms with Crippen molar-refractivity contribution in [2.24, 2.45) is 5.92 Å². The molecule has 15 heteroatoms. The summed E-state index contributed by atoms with van der Waals surface area (Å²) < 4.78 is 83.4. The van der Waals surface area contributed by atoms with Crippen LogP contribution in [0.1, 0.15) is 73.6 Å². The fourth-order valence-electron chi connectivity index (χ4n) is 8.33. The SMILES string of the molecule is Nc1c(C(F)(F)F)cc(C[C@@H](CC(=O)N2CCC(N3CCc4ccccc4NC3=O)CC2)C(=O)N2CCC(N3CCCCC3)CC2)cc1C(F)(F)F. The molecule has 9 nitrogen and oxygen atoms in total. The molecule has 0 aliphatic carbocycles. The lowest BCUT2D eigenvalue weighted by Crippen LogP contribution is -2.51. The van der Waals surface area contributed by atoms with Crippen LogP contribution in [-0.4, -0.2) is 95.3 Å². The number of anilines is 2. The molecule has 2 aromatic rings. The van der Waals surface area contributed by atoms with Gasteiger partial charge in [-0.1, -0.05) is 24.6 Å².